The number of furan rings is 1. The summed E-state index contributed by atoms with van der Waals surface area (Å²) in [5.41, 5.74) is 2.86. The van der Waals surface area contributed by atoms with Crippen LogP contribution in [0.3, 0.4) is 0 Å². The number of ether oxygens (including phenoxy) is 2. The Kier molecular flexibility index (Phi) is 6.62. The highest BCUT2D eigenvalue weighted by Gasteiger charge is 2.25. The maximum Gasteiger partial charge on any atom is 0.355 e. The summed E-state index contributed by atoms with van der Waals surface area (Å²) in [6.07, 6.45) is 0.253. The smallest absolute Gasteiger partial charge is 0.355 e. The van der Waals surface area contributed by atoms with E-state index in [0.717, 1.165) is 11.3 Å². The van der Waals surface area contributed by atoms with Crippen LogP contribution in [0.25, 0.3) is 11.3 Å². The van der Waals surface area contributed by atoms with E-state index in [0.29, 0.717) is 17.1 Å². The van der Waals surface area contributed by atoms with Crippen molar-refractivity contribution in [2.24, 2.45) is 5.10 Å². The van der Waals surface area contributed by atoms with Crippen molar-refractivity contribution >= 4 is 45.8 Å². The predicted octanol–water partition coefficient (Wildman–Crippen LogP) is 2.24. The van der Waals surface area contributed by atoms with Gasteiger partial charge in [0, 0.05) is 23.8 Å². The van der Waals surface area contributed by atoms with Crippen molar-refractivity contribution in [1.29, 1.82) is 0 Å². The third-order valence-electron chi connectivity index (χ3n) is 4.00. The molecule has 3 rings (SSSR count). The highest BCUT2D eigenvalue weighted by molar-refractivity contribution is 7.15. The first kappa shape index (κ1) is 21.2. The van der Waals surface area contributed by atoms with Crippen LogP contribution in [-0.2, 0) is 23.9 Å². The predicted molar refractivity (Wildman–Crippen MR) is 107 cm³/mol. The summed E-state index contributed by atoms with van der Waals surface area (Å²) in [5, 5.41) is 8.10. The average molecular weight is 433 g/mol. The molecule has 0 saturated carbocycles. The Labute approximate surface area is 175 Å². The molecule has 11 heteroatoms. The van der Waals surface area contributed by atoms with E-state index in [9.17, 15) is 19.2 Å². The van der Waals surface area contributed by atoms with Gasteiger partial charge in [-0.25, -0.2) is 15.0 Å². The first-order valence-electron chi connectivity index (χ1n) is 9.06. The molecular formula is C19H19N3O7S. The second-order valence-corrected chi connectivity index (χ2v) is 7.08. The highest BCUT2D eigenvalue weighted by atomic mass is 32.1. The van der Waals surface area contributed by atoms with Gasteiger partial charge >= 0.3 is 11.9 Å². The zero-order valence-corrected chi connectivity index (χ0v) is 17.1. The second-order valence-electron chi connectivity index (χ2n) is 6.20. The Bertz CT molecular complexity index is 1020. The fourth-order valence-electron chi connectivity index (χ4n) is 2.61. The van der Waals surface area contributed by atoms with Crippen molar-refractivity contribution in [2.75, 3.05) is 18.5 Å². The number of nitrogens with zero attached hydrogens (tertiary/aromatic N) is 1. The molecule has 0 radical (unpaired) electrons. The fourth-order valence-corrected chi connectivity index (χ4v) is 3.57. The summed E-state index contributed by atoms with van der Waals surface area (Å²) in [6, 6.07) is 3.48. The van der Waals surface area contributed by atoms with E-state index < -0.39 is 24.5 Å². The van der Waals surface area contributed by atoms with Gasteiger partial charge in [0.05, 0.1) is 6.61 Å². The monoisotopic (exact) mass is 433 g/mol. The molecule has 3 heterocycles. The molecule has 2 amide bonds. The van der Waals surface area contributed by atoms with E-state index in [1.807, 2.05) is 0 Å². The van der Waals surface area contributed by atoms with E-state index in [1.165, 1.54) is 0 Å². The first-order chi connectivity index (χ1) is 14.4. The molecule has 0 bridgehead atoms. The number of aryl methyl sites for hydroxylation is 1. The van der Waals surface area contributed by atoms with Crippen LogP contribution in [0.1, 0.15) is 35.9 Å². The lowest BCUT2D eigenvalue weighted by Crippen LogP contribution is -2.32. The molecule has 0 saturated heterocycles. The van der Waals surface area contributed by atoms with Gasteiger partial charge in [0.2, 0.25) is 5.91 Å². The molecule has 0 unspecified atom stereocenters. The Morgan fingerprint density at radius 1 is 1.23 bits per heavy atom. The van der Waals surface area contributed by atoms with Crippen molar-refractivity contribution in [3.63, 3.8) is 0 Å². The van der Waals surface area contributed by atoms with Gasteiger partial charge in [-0.2, -0.15) is 5.10 Å². The Balaban J connectivity index is 1.70. The molecule has 0 fully saturated rings. The van der Waals surface area contributed by atoms with Crippen molar-refractivity contribution in [1.82, 2.24) is 5.43 Å². The average Bonchev–Trinajstić information content (AvgIpc) is 3.33. The third-order valence-corrected chi connectivity index (χ3v) is 4.90. The van der Waals surface area contributed by atoms with Crippen molar-refractivity contribution in [3.8, 4) is 11.3 Å². The summed E-state index contributed by atoms with van der Waals surface area (Å²) in [4.78, 5) is 47.7. The Hall–Kier alpha value is -3.47. The van der Waals surface area contributed by atoms with Crippen LogP contribution in [0.2, 0.25) is 0 Å². The zero-order chi connectivity index (χ0) is 21.7. The highest BCUT2D eigenvalue weighted by Crippen LogP contribution is 2.37. The number of anilines is 1. The van der Waals surface area contributed by atoms with Crippen LogP contribution in [0.15, 0.2) is 27.0 Å². The number of carbonyl (C=O) groups excluding carboxylic acids is 4. The number of amides is 2. The number of carbonyl (C=O) groups is 4. The lowest BCUT2D eigenvalue weighted by atomic mass is 10.1. The minimum Gasteiger partial charge on any atom is -0.462 e. The van der Waals surface area contributed by atoms with Gasteiger partial charge in [-0.15, -0.1) is 11.3 Å². The molecule has 0 spiro atoms. The van der Waals surface area contributed by atoms with Crippen LogP contribution in [0, 0.1) is 6.92 Å². The van der Waals surface area contributed by atoms with Crippen LogP contribution < -0.4 is 10.7 Å². The molecule has 2 aromatic rings. The number of rotatable bonds is 7. The van der Waals surface area contributed by atoms with Crippen molar-refractivity contribution < 1.29 is 33.1 Å². The van der Waals surface area contributed by atoms with Gasteiger partial charge in [0.15, 0.2) is 6.61 Å². The summed E-state index contributed by atoms with van der Waals surface area (Å²) < 4.78 is 15.6. The molecule has 0 aromatic carbocycles. The standard InChI is InChI=1S/C19H19N3O7S/c1-3-27-19(26)16-11(13-6-4-10(2)29-13)9-30-17(16)20-15(24)8-28-18(25)12-5-7-14(23)22-21-12/h4,6,9H,3,5,7-8H2,1-2H3,(H,20,24)(H,22,23). The maximum atomic E-state index is 12.5. The Morgan fingerprint density at radius 2 is 2.03 bits per heavy atom. The van der Waals surface area contributed by atoms with Gasteiger partial charge in [-0.1, -0.05) is 0 Å². The van der Waals surface area contributed by atoms with Crippen LogP contribution in [0.4, 0.5) is 5.00 Å². The van der Waals surface area contributed by atoms with Gasteiger partial charge < -0.3 is 19.2 Å². The minimum atomic E-state index is -0.798. The molecule has 0 atom stereocenters. The van der Waals surface area contributed by atoms with E-state index in [1.54, 1.807) is 31.4 Å². The SMILES string of the molecule is CCOC(=O)c1c(-c2ccc(C)o2)csc1NC(=O)COC(=O)C1=NNC(=O)CC1. The molecule has 158 valence electrons. The minimum absolute atomic E-state index is 0.0289. The van der Waals surface area contributed by atoms with Crippen molar-refractivity contribution in [2.45, 2.75) is 26.7 Å². The van der Waals surface area contributed by atoms with E-state index in [2.05, 4.69) is 15.8 Å². The number of hydrogen-bond donors (Lipinski definition) is 2. The summed E-state index contributed by atoms with van der Waals surface area (Å²) in [5.74, 6) is -1.20. The molecule has 10 nitrogen and oxygen atoms in total. The van der Waals surface area contributed by atoms with Gasteiger partial charge in [0.25, 0.3) is 5.91 Å². The van der Waals surface area contributed by atoms with Crippen LogP contribution >= 0.6 is 11.3 Å². The lowest BCUT2D eigenvalue weighted by Gasteiger charge is -2.11. The second kappa shape index (κ2) is 9.35. The van der Waals surface area contributed by atoms with Crippen molar-refractivity contribution in [3.05, 3.63) is 28.8 Å². The largest absolute Gasteiger partial charge is 0.462 e. The Morgan fingerprint density at radius 3 is 2.67 bits per heavy atom. The molecule has 0 aliphatic carbocycles. The van der Waals surface area contributed by atoms with E-state index in [-0.39, 0.29) is 41.6 Å². The number of esters is 2. The summed E-state index contributed by atoms with van der Waals surface area (Å²) in [6.45, 7) is 3.03. The molecule has 1 aliphatic heterocycles. The fraction of sp³-hybridized carbons (Fsp3) is 0.316. The molecule has 30 heavy (non-hydrogen) atoms. The van der Waals surface area contributed by atoms with E-state index in [4.69, 9.17) is 13.9 Å². The van der Waals surface area contributed by atoms with Crippen LogP contribution in [-0.4, -0.2) is 42.7 Å². The number of nitrogens with one attached hydrogen (secondary N) is 2. The maximum absolute atomic E-state index is 12.5. The molecule has 2 N–H and O–H groups in total. The number of hydrazone groups is 1. The lowest BCUT2D eigenvalue weighted by molar-refractivity contribution is -0.140. The number of thiophene rings is 1. The molecule has 2 aromatic heterocycles. The number of hydrogen-bond acceptors (Lipinski definition) is 9. The quantitative estimate of drug-likeness (QED) is 0.639. The van der Waals surface area contributed by atoms with Gasteiger partial charge in [-0.3, -0.25) is 9.59 Å². The third kappa shape index (κ3) is 4.92. The van der Waals surface area contributed by atoms with Crippen LogP contribution in [0.5, 0.6) is 0 Å². The summed E-state index contributed by atoms with van der Waals surface area (Å²) >= 11 is 1.12. The van der Waals surface area contributed by atoms with Gasteiger partial charge in [-0.05, 0) is 26.0 Å². The summed E-state index contributed by atoms with van der Waals surface area (Å²) in [7, 11) is 0. The van der Waals surface area contributed by atoms with Gasteiger partial charge in [0.1, 0.15) is 27.8 Å². The molecule has 1 aliphatic rings. The zero-order valence-electron chi connectivity index (χ0n) is 16.3. The molecular weight excluding hydrogens is 414 g/mol. The van der Waals surface area contributed by atoms with E-state index >= 15 is 0 Å². The topological polar surface area (TPSA) is 136 Å². The normalized spacial score (nSPS) is 13.3. The first-order valence-corrected chi connectivity index (χ1v) is 9.94.